The fourth-order valence-electron chi connectivity index (χ4n) is 2.90. The van der Waals surface area contributed by atoms with E-state index in [0.717, 1.165) is 15.4 Å². The first kappa shape index (κ1) is 22.9. The number of benzene rings is 3. The summed E-state index contributed by atoms with van der Waals surface area (Å²) in [4.78, 5) is 12.6. The van der Waals surface area contributed by atoms with E-state index in [2.05, 4.69) is 5.32 Å². The van der Waals surface area contributed by atoms with Crippen LogP contribution in [-0.4, -0.2) is 25.2 Å². The molecule has 0 aliphatic heterocycles. The van der Waals surface area contributed by atoms with E-state index in [1.54, 1.807) is 0 Å². The highest BCUT2D eigenvalue weighted by molar-refractivity contribution is 7.89. The molecule has 0 fully saturated rings. The van der Waals surface area contributed by atoms with Crippen molar-refractivity contribution in [3.8, 4) is 0 Å². The van der Waals surface area contributed by atoms with E-state index < -0.39 is 21.7 Å². The van der Waals surface area contributed by atoms with Crippen LogP contribution < -0.4 is 5.32 Å². The van der Waals surface area contributed by atoms with Gasteiger partial charge in [-0.05, 0) is 54.4 Å². The van der Waals surface area contributed by atoms with Crippen molar-refractivity contribution in [3.05, 3.63) is 100 Å². The van der Waals surface area contributed by atoms with Crippen LogP contribution in [0.15, 0.2) is 77.7 Å². The summed E-state index contributed by atoms with van der Waals surface area (Å²) < 4.78 is 40.7. The first-order chi connectivity index (χ1) is 14.7. The van der Waals surface area contributed by atoms with Crippen LogP contribution in [0.3, 0.4) is 0 Å². The molecule has 0 aliphatic rings. The number of carbonyl (C=O) groups is 1. The summed E-state index contributed by atoms with van der Waals surface area (Å²) in [6, 6.07) is 18.9. The number of hydrogen-bond acceptors (Lipinski definition) is 3. The van der Waals surface area contributed by atoms with Gasteiger partial charge in [-0.1, -0.05) is 53.6 Å². The van der Waals surface area contributed by atoms with Crippen LogP contribution in [0.25, 0.3) is 0 Å². The monoisotopic (exact) mass is 460 g/mol. The third kappa shape index (κ3) is 6.37. The summed E-state index contributed by atoms with van der Waals surface area (Å²) in [5.41, 5.74) is 2.57. The standard InChI is InChI=1S/C23H22ClFN2O3S/c1-17-2-4-18(5-3-17)14-26-23(28)16-27(15-19-6-10-21(25)11-7-19)31(29,30)22-12-8-20(24)9-13-22/h2-13H,14-16H2,1H3,(H,26,28). The molecule has 0 atom stereocenters. The van der Waals surface area contributed by atoms with Crippen molar-refractivity contribution in [2.45, 2.75) is 24.9 Å². The summed E-state index contributed by atoms with van der Waals surface area (Å²) in [5.74, 6) is -0.869. The lowest BCUT2D eigenvalue weighted by Crippen LogP contribution is -2.40. The largest absolute Gasteiger partial charge is 0.351 e. The smallest absolute Gasteiger partial charge is 0.243 e. The minimum Gasteiger partial charge on any atom is -0.351 e. The van der Waals surface area contributed by atoms with Crippen LogP contribution in [0.1, 0.15) is 16.7 Å². The van der Waals surface area contributed by atoms with E-state index in [4.69, 9.17) is 11.6 Å². The molecule has 3 aromatic carbocycles. The minimum absolute atomic E-state index is 0.0188. The number of nitrogens with zero attached hydrogens (tertiary/aromatic N) is 1. The van der Waals surface area contributed by atoms with Crippen LogP contribution in [0, 0.1) is 12.7 Å². The Morgan fingerprint density at radius 2 is 1.52 bits per heavy atom. The van der Waals surface area contributed by atoms with Gasteiger partial charge in [-0.3, -0.25) is 4.79 Å². The SMILES string of the molecule is Cc1ccc(CNC(=O)CN(Cc2ccc(F)cc2)S(=O)(=O)c2ccc(Cl)cc2)cc1. The molecule has 1 amide bonds. The summed E-state index contributed by atoms with van der Waals surface area (Å²) in [6.45, 7) is 1.79. The van der Waals surface area contributed by atoms with E-state index in [1.165, 1.54) is 48.5 Å². The van der Waals surface area contributed by atoms with Crippen LogP contribution >= 0.6 is 11.6 Å². The van der Waals surface area contributed by atoms with E-state index in [-0.39, 0.29) is 24.5 Å². The quantitative estimate of drug-likeness (QED) is 0.545. The van der Waals surface area contributed by atoms with Crippen LogP contribution in [0.2, 0.25) is 5.02 Å². The molecule has 0 aliphatic carbocycles. The Labute approximate surface area is 186 Å². The molecule has 0 aromatic heterocycles. The number of halogens is 2. The maximum absolute atomic E-state index is 13.2. The molecule has 0 unspecified atom stereocenters. The number of sulfonamides is 1. The van der Waals surface area contributed by atoms with Gasteiger partial charge in [0.05, 0.1) is 11.4 Å². The van der Waals surface area contributed by atoms with E-state index in [0.29, 0.717) is 10.6 Å². The van der Waals surface area contributed by atoms with Crippen LogP contribution in [-0.2, 0) is 27.9 Å². The molecular formula is C23H22ClFN2O3S. The Balaban J connectivity index is 1.79. The van der Waals surface area contributed by atoms with Crippen LogP contribution in [0.5, 0.6) is 0 Å². The van der Waals surface area contributed by atoms with Gasteiger partial charge in [-0.2, -0.15) is 4.31 Å². The molecule has 0 bridgehead atoms. The second-order valence-corrected chi connectivity index (χ2v) is 9.49. The fraction of sp³-hybridized carbons (Fsp3) is 0.174. The summed E-state index contributed by atoms with van der Waals surface area (Å²) in [7, 11) is -3.99. The van der Waals surface area contributed by atoms with Gasteiger partial charge >= 0.3 is 0 Å². The van der Waals surface area contributed by atoms with Gasteiger partial charge in [-0.15, -0.1) is 0 Å². The van der Waals surface area contributed by atoms with E-state index in [1.807, 2.05) is 31.2 Å². The average molecular weight is 461 g/mol. The van der Waals surface area contributed by atoms with Gasteiger partial charge in [-0.25, -0.2) is 12.8 Å². The van der Waals surface area contributed by atoms with E-state index in [9.17, 15) is 17.6 Å². The molecule has 162 valence electrons. The third-order valence-electron chi connectivity index (χ3n) is 4.65. The van der Waals surface area contributed by atoms with Crippen molar-refractivity contribution >= 4 is 27.5 Å². The molecule has 31 heavy (non-hydrogen) atoms. The van der Waals surface area contributed by atoms with Gasteiger partial charge < -0.3 is 5.32 Å². The maximum atomic E-state index is 13.2. The third-order valence-corrected chi connectivity index (χ3v) is 6.71. The lowest BCUT2D eigenvalue weighted by atomic mass is 10.1. The molecule has 0 saturated heterocycles. The average Bonchev–Trinajstić information content (AvgIpc) is 2.74. The molecule has 8 heteroatoms. The molecular weight excluding hydrogens is 439 g/mol. The summed E-state index contributed by atoms with van der Waals surface area (Å²) >= 11 is 5.87. The van der Waals surface area contributed by atoms with E-state index >= 15 is 0 Å². The zero-order valence-electron chi connectivity index (χ0n) is 16.9. The highest BCUT2D eigenvalue weighted by atomic mass is 35.5. The highest BCUT2D eigenvalue weighted by Gasteiger charge is 2.27. The van der Waals surface area contributed by atoms with Crippen molar-refractivity contribution < 1.29 is 17.6 Å². The zero-order valence-corrected chi connectivity index (χ0v) is 18.5. The maximum Gasteiger partial charge on any atom is 0.243 e. The second-order valence-electron chi connectivity index (χ2n) is 7.12. The molecule has 1 N–H and O–H groups in total. The summed E-state index contributed by atoms with van der Waals surface area (Å²) in [5, 5.41) is 3.15. The molecule has 0 saturated carbocycles. The Hall–Kier alpha value is -2.74. The predicted octanol–water partition coefficient (Wildman–Crippen LogP) is 4.29. The first-order valence-corrected chi connectivity index (χ1v) is 11.4. The normalized spacial score (nSPS) is 11.5. The molecule has 5 nitrogen and oxygen atoms in total. The number of hydrogen-bond donors (Lipinski definition) is 1. The first-order valence-electron chi connectivity index (χ1n) is 9.56. The number of rotatable bonds is 8. The van der Waals surface area contributed by atoms with Gasteiger partial charge in [0.1, 0.15) is 5.82 Å². The van der Waals surface area contributed by atoms with Crippen molar-refractivity contribution in [1.29, 1.82) is 0 Å². The lowest BCUT2D eigenvalue weighted by Gasteiger charge is -2.22. The Morgan fingerprint density at radius 1 is 0.935 bits per heavy atom. The van der Waals surface area contributed by atoms with Gasteiger partial charge in [0.15, 0.2) is 0 Å². The van der Waals surface area contributed by atoms with Gasteiger partial charge in [0.25, 0.3) is 0 Å². The number of aryl methyl sites for hydroxylation is 1. The lowest BCUT2D eigenvalue weighted by molar-refractivity contribution is -0.121. The predicted molar refractivity (Wildman–Crippen MR) is 118 cm³/mol. The fourth-order valence-corrected chi connectivity index (χ4v) is 4.41. The summed E-state index contributed by atoms with van der Waals surface area (Å²) in [6.07, 6.45) is 0. The zero-order chi connectivity index (χ0) is 22.4. The molecule has 0 spiro atoms. The topological polar surface area (TPSA) is 66.5 Å². The van der Waals surface area contributed by atoms with Crippen LogP contribution in [0.4, 0.5) is 4.39 Å². The van der Waals surface area contributed by atoms with Crippen molar-refractivity contribution in [1.82, 2.24) is 9.62 Å². The molecule has 0 heterocycles. The Kier molecular flexibility index (Phi) is 7.43. The Bertz CT molecular complexity index is 1130. The van der Waals surface area contributed by atoms with Crippen molar-refractivity contribution in [2.75, 3.05) is 6.54 Å². The van der Waals surface area contributed by atoms with Gasteiger partial charge in [0, 0.05) is 18.1 Å². The molecule has 3 rings (SSSR count). The van der Waals surface area contributed by atoms with Crippen molar-refractivity contribution in [3.63, 3.8) is 0 Å². The molecule has 3 aromatic rings. The highest BCUT2D eigenvalue weighted by Crippen LogP contribution is 2.20. The molecule has 0 radical (unpaired) electrons. The number of carbonyl (C=O) groups excluding carboxylic acids is 1. The second kappa shape index (κ2) is 10.0. The number of amides is 1. The Morgan fingerprint density at radius 3 is 2.13 bits per heavy atom. The minimum atomic E-state index is -3.99. The number of nitrogens with one attached hydrogen (secondary N) is 1. The van der Waals surface area contributed by atoms with Crippen molar-refractivity contribution in [2.24, 2.45) is 0 Å². The van der Waals surface area contributed by atoms with Gasteiger partial charge in [0.2, 0.25) is 15.9 Å².